The summed E-state index contributed by atoms with van der Waals surface area (Å²) in [6, 6.07) is 10.8. The molecular weight excluding hydrogens is 320 g/mol. The van der Waals surface area contributed by atoms with Crippen molar-refractivity contribution in [1.82, 2.24) is 15.7 Å². The Labute approximate surface area is 146 Å². The maximum Gasteiger partial charge on any atom is 0.272 e. The number of hydrogen-bond acceptors (Lipinski definition) is 5. The number of hydrazone groups is 1. The zero-order valence-corrected chi connectivity index (χ0v) is 14.2. The first-order chi connectivity index (χ1) is 12.1. The van der Waals surface area contributed by atoms with Crippen molar-refractivity contribution in [2.75, 3.05) is 7.11 Å². The molecule has 2 N–H and O–H groups in total. The fourth-order valence-corrected chi connectivity index (χ4v) is 2.09. The number of ether oxygens (including phenoxy) is 1. The first-order valence-electron chi connectivity index (χ1n) is 7.72. The highest BCUT2D eigenvalue weighted by molar-refractivity contribution is 6.01. The maximum atomic E-state index is 12.0. The minimum Gasteiger partial charge on any atom is -0.496 e. The Morgan fingerprint density at radius 2 is 2.00 bits per heavy atom. The maximum absolute atomic E-state index is 12.0. The number of nitrogens with one attached hydrogen (secondary N) is 2. The second kappa shape index (κ2) is 9.17. The molecular formula is C18H20N4O3. The molecule has 0 aliphatic carbocycles. The third kappa shape index (κ3) is 5.72. The van der Waals surface area contributed by atoms with Crippen molar-refractivity contribution in [3.05, 3.63) is 59.9 Å². The van der Waals surface area contributed by atoms with Crippen LogP contribution in [0.25, 0.3) is 0 Å². The predicted molar refractivity (Wildman–Crippen MR) is 94.3 cm³/mol. The van der Waals surface area contributed by atoms with Crippen LogP contribution in [0.4, 0.5) is 0 Å². The van der Waals surface area contributed by atoms with E-state index >= 15 is 0 Å². The van der Waals surface area contributed by atoms with Crippen LogP contribution in [0.1, 0.15) is 29.3 Å². The molecule has 25 heavy (non-hydrogen) atoms. The molecule has 2 rings (SSSR count). The number of carbonyl (C=O) groups excluding carboxylic acids is 2. The molecule has 0 unspecified atom stereocenters. The molecule has 0 spiro atoms. The van der Waals surface area contributed by atoms with Gasteiger partial charge in [-0.25, -0.2) is 5.43 Å². The van der Waals surface area contributed by atoms with E-state index in [0.29, 0.717) is 17.8 Å². The average molecular weight is 340 g/mol. The van der Waals surface area contributed by atoms with Crippen molar-refractivity contribution in [2.24, 2.45) is 5.10 Å². The molecule has 1 aromatic heterocycles. The summed E-state index contributed by atoms with van der Waals surface area (Å²) in [6.45, 7) is 2.03. The molecule has 0 saturated heterocycles. The van der Waals surface area contributed by atoms with Gasteiger partial charge in [0.2, 0.25) is 5.91 Å². The number of methoxy groups -OCH3 is 1. The molecule has 0 saturated carbocycles. The van der Waals surface area contributed by atoms with E-state index in [9.17, 15) is 9.59 Å². The highest BCUT2D eigenvalue weighted by atomic mass is 16.5. The molecule has 0 atom stereocenters. The van der Waals surface area contributed by atoms with Crippen LogP contribution in [0, 0.1) is 0 Å². The Balaban J connectivity index is 1.82. The second-order valence-electron chi connectivity index (χ2n) is 5.30. The number of rotatable bonds is 7. The van der Waals surface area contributed by atoms with E-state index in [4.69, 9.17) is 4.74 Å². The van der Waals surface area contributed by atoms with E-state index in [1.807, 2.05) is 24.3 Å². The Bertz CT molecular complexity index is 760. The number of hydrogen-bond donors (Lipinski definition) is 2. The van der Waals surface area contributed by atoms with Gasteiger partial charge in [-0.2, -0.15) is 5.10 Å². The van der Waals surface area contributed by atoms with Gasteiger partial charge in [-0.15, -0.1) is 0 Å². The van der Waals surface area contributed by atoms with Crippen LogP contribution < -0.4 is 15.5 Å². The van der Waals surface area contributed by atoms with Gasteiger partial charge in [-0.05, 0) is 25.1 Å². The van der Waals surface area contributed by atoms with E-state index in [2.05, 4.69) is 20.8 Å². The van der Waals surface area contributed by atoms with E-state index < -0.39 is 0 Å². The standard InChI is InChI=1S/C18H20N4O3/c1-13(21-22-18(24)15-7-5-9-19-11-15)10-17(23)20-12-14-6-3-4-8-16(14)25-2/h3-9,11H,10,12H2,1-2H3,(H,20,23)(H,22,24)/b21-13+. The van der Waals surface area contributed by atoms with Gasteiger partial charge in [0, 0.05) is 30.2 Å². The topological polar surface area (TPSA) is 92.7 Å². The van der Waals surface area contributed by atoms with Crippen molar-refractivity contribution in [3.63, 3.8) is 0 Å². The zero-order valence-electron chi connectivity index (χ0n) is 14.2. The van der Waals surface area contributed by atoms with Gasteiger partial charge >= 0.3 is 0 Å². The van der Waals surface area contributed by atoms with Crippen LogP contribution in [0.5, 0.6) is 5.75 Å². The van der Waals surface area contributed by atoms with Gasteiger partial charge in [0.1, 0.15) is 5.75 Å². The lowest BCUT2D eigenvalue weighted by molar-refractivity contribution is -0.120. The lowest BCUT2D eigenvalue weighted by Crippen LogP contribution is -2.26. The van der Waals surface area contributed by atoms with Crippen LogP contribution >= 0.6 is 0 Å². The molecule has 0 bridgehead atoms. The number of nitrogens with zero attached hydrogens (tertiary/aromatic N) is 2. The van der Waals surface area contributed by atoms with Crippen LogP contribution in [0.2, 0.25) is 0 Å². The van der Waals surface area contributed by atoms with Gasteiger partial charge in [0.25, 0.3) is 5.91 Å². The number of amides is 2. The van der Waals surface area contributed by atoms with Gasteiger partial charge in [-0.1, -0.05) is 18.2 Å². The Kier molecular flexibility index (Phi) is 6.65. The highest BCUT2D eigenvalue weighted by Crippen LogP contribution is 2.16. The van der Waals surface area contributed by atoms with Gasteiger partial charge < -0.3 is 10.1 Å². The Hall–Kier alpha value is -3.22. The van der Waals surface area contributed by atoms with Crippen LogP contribution in [-0.4, -0.2) is 29.6 Å². The summed E-state index contributed by atoms with van der Waals surface area (Å²) in [6.07, 6.45) is 3.11. The lowest BCUT2D eigenvalue weighted by atomic mass is 10.2. The molecule has 7 nitrogen and oxygen atoms in total. The molecule has 1 heterocycles. The number of pyridine rings is 1. The molecule has 2 amide bonds. The van der Waals surface area contributed by atoms with E-state index in [1.165, 1.54) is 6.20 Å². The largest absolute Gasteiger partial charge is 0.496 e. The zero-order chi connectivity index (χ0) is 18.1. The molecule has 0 aliphatic heterocycles. The number of carbonyl (C=O) groups is 2. The summed E-state index contributed by atoms with van der Waals surface area (Å²) in [5.74, 6) is 0.154. The molecule has 2 aromatic rings. The minimum absolute atomic E-state index is 0.0858. The van der Waals surface area contributed by atoms with Crippen molar-refractivity contribution in [1.29, 1.82) is 0 Å². The van der Waals surface area contributed by atoms with Crippen molar-refractivity contribution in [2.45, 2.75) is 19.9 Å². The summed E-state index contributed by atoms with van der Waals surface area (Å²) in [5.41, 5.74) is 4.19. The fourth-order valence-electron chi connectivity index (χ4n) is 2.09. The van der Waals surface area contributed by atoms with E-state index in [0.717, 1.165) is 11.3 Å². The van der Waals surface area contributed by atoms with Gasteiger partial charge in [0.15, 0.2) is 0 Å². The molecule has 0 radical (unpaired) electrons. The summed E-state index contributed by atoms with van der Waals surface area (Å²) < 4.78 is 5.24. The normalized spacial score (nSPS) is 10.9. The van der Waals surface area contributed by atoms with Gasteiger partial charge in [-0.3, -0.25) is 14.6 Å². The minimum atomic E-state index is -0.373. The van der Waals surface area contributed by atoms with Crippen LogP contribution in [0.15, 0.2) is 53.9 Å². The Morgan fingerprint density at radius 3 is 2.72 bits per heavy atom. The summed E-state index contributed by atoms with van der Waals surface area (Å²) in [4.78, 5) is 27.7. The van der Waals surface area contributed by atoms with E-state index in [-0.39, 0.29) is 18.2 Å². The molecule has 1 aromatic carbocycles. The monoisotopic (exact) mass is 340 g/mol. The number of para-hydroxylation sites is 1. The second-order valence-corrected chi connectivity index (χ2v) is 5.30. The summed E-state index contributed by atoms with van der Waals surface area (Å²) >= 11 is 0. The first-order valence-corrected chi connectivity index (χ1v) is 7.72. The Morgan fingerprint density at radius 1 is 1.20 bits per heavy atom. The summed E-state index contributed by atoms with van der Waals surface area (Å²) in [7, 11) is 1.59. The van der Waals surface area contributed by atoms with E-state index in [1.54, 1.807) is 32.4 Å². The number of benzene rings is 1. The van der Waals surface area contributed by atoms with Crippen molar-refractivity contribution >= 4 is 17.5 Å². The molecule has 0 aliphatic rings. The highest BCUT2D eigenvalue weighted by Gasteiger charge is 2.08. The van der Waals surface area contributed by atoms with Crippen LogP contribution in [0.3, 0.4) is 0 Å². The van der Waals surface area contributed by atoms with Crippen molar-refractivity contribution < 1.29 is 14.3 Å². The predicted octanol–water partition coefficient (Wildman–Crippen LogP) is 1.90. The first kappa shape index (κ1) is 18.1. The fraction of sp³-hybridized carbons (Fsp3) is 0.222. The third-order valence-electron chi connectivity index (χ3n) is 3.36. The summed E-state index contributed by atoms with van der Waals surface area (Å²) in [5, 5.41) is 6.73. The van der Waals surface area contributed by atoms with Crippen molar-refractivity contribution in [3.8, 4) is 5.75 Å². The number of aromatic nitrogens is 1. The third-order valence-corrected chi connectivity index (χ3v) is 3.36. The lowest BCUT2D eigenvalue weighted by Gasteiger charge is -2.09. The molecule has 0 fully saturated rings. The van der Waals surface area contributed by atoms with Gasteiger partial charge in [0.05, 0.1) is 19.1 Å². The average Bonchev–Trinajstić information content (AvgIpc) is 2.65. The molecule has 130 valence electrons. The van der Waals surface area contributed by atoms with Crippen LogP contribution in [-0.2, 0) is 11.3 Å². The quantitative estimate of drug-likeness (QED) is 0.595. The molecule has 7 heteroatoms. The smallest absolute Gasteiger partial charge is 0.272 e. The SMILES string of the molecule is COc1ccccc1CNC(=O)C/C(C)=N/NC(=O)c1cccnc1.